The third-order valence-corrected chi connectivity index (χ3v) is 6.22. The number of nitrogens with zero attached hydrogens (tertiary/aromatic N) is 2. The highest BCUT2D eigenvalue weighted by Crippen LogP contribution is 2.52. The zero-order valence-electron chi connectivity index (χ0n) is 14.7. The molecule has 3 aliphatic heterocycles. The van der Waals surface area contributed by atoms with Gasteiger partial charge < -0.3 is 14.6 Å². The number of anilines is 2. The third kappa shape index (κ3) is 2.50. The van der Waals surface area contributed by atoms with Crippen LogP contribution in [0.1, 0.15) is 5.76 Å². The number of rotatable bonds is 3. The maximum Gasteiger partial charge on any atom is 0.235 e. The van der Waals surface area contributed by atoms with E-state index in [4.69, 9.17) is 32.5 Å². The quantitative estimate of drug-likeness (QED) is 0.771. The van der Waals surface area contributed by atoms with Crippen LogP contribution in [0.5, 0.6) is 0 Å². The minimum atomic E-state index is -0.825. The summed E-state index contributed by atoms with van der Waals surface area (Å²) < 4.78 is 11.2. The van der Waals surface area contributed by atoms with E-state index in [1.165, 1.54) is 4.90 Å². The van der Waals surface area contributed by atoms with Crippen LogP contribution in [0.15, 0.2) is 40.9 Å². The van der Waals surface area contributed by atoms with E-state index in [1.807, 2.05) is 12.2 Å². The van der Waals surface area contributed by atoms with E-state index in [0.717, 1.165) is 0 Å². The van der Waals surface area contributed by atoms with Gasteiger partial charge in [0.05, 0.1) is 34.5 Å². The van der Waals surface area contributed by atoms with E-state index in [0.29, 0.717) is 33.9 Å². The van der Waals surface area contributed by atoms with Gasteiger partial charge in [-0.1, -0.05) is 40.5 Å². The van der Waals surface area contributed by atoms with Gasteiger partial charge in [0.25, 0.3) is 0 Å². The molecule has 7 nitrogen and oxygen atoms in total. The largest absolute Gasteiger partial charge is 0.360 e. The smallest absolute Gasteiger partial charge is 0.235 e. The van der Waals surface area contributed by atoms with Gasteiger partial charge in [0.2, 0.25) is 11.8 Å². The molecule has 28 heavy (non-hydrogen) atoms. The van der Waals surface area contributed by atoms with Crippen LogP contribution < -0.4 is 10.2 Å². The highest BCUT2D eigenvalue weighted by Gasteiger charge is 2.67. The second-order valence-corrected chi connectivity index (χ2v) is 8.05. The third-order valence-electron chi connectivity index (χ3n) is 5.48. The van der Waals surface area contributed by atoms with E-state index < -0.39 is 23.5 Å². The Bertz CT molecular complexity index is 1040. The molecule has 5 rings (SSSR count). The molecule has 3 aliphatic rings. The van der Waals surface area contributed by atoms with Crippen molar-refractivity contribution in [1.29, 1.82) is 0 Å². The fourth-order valence-corrected chi connectivity index (χ4v) is 4.57. The molecule has 144 valence electrons. The van der Waals surface area contributed by atoms with E-state index in [9.17, 15) is 9.59 Å². The lowest BCUT2D eigenvalue weighted by molar-refractivity contribution is -0.128. The van der Waals surface area contributed by atoms with Gasteiger partial charge in [-0.15, -0.1) is 0 Å². The first-order valence-electron chi connectivity index (χ1n) is 8.76. The zero-order chi connectivity index (χ0) is 19.6. The van der Waals surface area contributed by atoms with Crippen LogP contribution in [0.25, 0.3) is 0 Å². The number of hydrogen-bond acceptors (Lipinski definition) is 5. The Morgan fingerprint density at radius 3 is 2.86 bits per heavy atom. The number of aromatic nitrogens is 1. The van der Waals surface area contributed by atoms with Crippen LogP contribution in [-0.4, -0.2) is 35.2 Å². The summed E-state index contributed by atoms with van der Waals surface area (Å²) in [5.41, 5.74) is -0.316. The number of hydrogen-bond donors (Lipinski definition) is 1. The molecule has 2 saturated heterocycles. The summed E-state index contributed by atoms with van der Waals surface area (Å²) in [7, 11) is 0. The highest BCUT2D eigenvalue weighted by atomic mass is 35.5. The number of nitrogens with one attached hydrogen (secondary N) is 1. The topological polar surface area (TPSA) is 84.7 Å². The molecule has 2 amide bonds. The van der Waals surface area contributed by atoms with Gasteiger partial charge in [-0.25, -0.2) is 0 Å². The molecule has 4 heterocycles. The van der Waals surface area contributed by atoms with Crippen LogP contribution >= 0.6 is 23.2 Å². The molecular formula is C19H15Cl2N3O4. The predicted molar refractivity (Wildman–Crippen MR) is 102 cm³/mol. The number of amides is 2. The Hall–Kier alpha value is -2.35. The Morgan fingerprint density at radius 1 is 1.32 bits per heavy atom. The van der Waals surface area contributed by atoms with Crippen molar-refractivity contribution >= 4 is 46.5 Å². The average molecular weight is 420 g/mol. The van der Waals surface area contributed by atoms with Crippen molar-refractivity contribution in [3.05, 3.63) is 52.2 Å². The lowest BCUT2D eigenvalue weighted by Gasteiger charge is -2.23. The van der Waals surface area contributed by atoms with Gasteiger partial charge in [0.1, 0.15) is 11.4 Å². The molecule has 1 aromatic heterocycles. The van der Waals surface area contributed by atoms with Crippen molar-refractivity contribution in [2.24, 2.45) is 11.8 Å². The second-order valence-electron chi connectivity index (χ2n) is 7.24. The Morgan fingerprint density at radius 2 is 2.14 bits per heavy atom. The van der Waals surface area contributed by atoms with Crippen molar-refractivity contribution in [3.8, 4) is 0 Å². The Balaban J connectivity index is 1.43. The van der Waals surface area contributed by atoms with Crippen molar-refractivity contribution in [2.75, 3.05) is 16.8 Å². The lowest BCUT2D eigenvalue weighted by atomic mass is 9.77. The summed E-state index contributed by atoms with van der Waals surface area (Å²) in [5, 5.41) is 7.49. The molecule has 0 unspecified atom stereocenters. The first-order valence-corrected chi connectivity index (χ1v) is 9.51. The molecule has 2 fully saturated rings. The number of fused-ring (bicyclic) bond motifs is 1. The number of halogens is 2. The standard InChI is InChI=1S/C19H15Cl2N3O4/c1-9-6-14(23-28-9)24-8-19-5-4-13(27-19)15(16(19)18(24)26)17(25)22-10-2-3-11(20)12(21)7-10/h2-7,13,15-16H,8H2,1H3,(H,22,25)/t13-,15-,16+,19+/m1/s1. The van der Waals surface area contributed by atoms with Crippen LogP contribution in [0.2, 0.25) is 10.0 Å². The van der Waals surface area contributed by atoms with Crippen molar-refractivity contribution < 1.29 is 18.8 Å². The van der Waals surface area contributed by atoms with Crippen LogP contribution in [0.3, 0.4) is 0 Å². The summed E-state index contributed by atoms with van der Waals surface area (Å²) in [4.78, 5) is 27.7. The first-order chi connectivity index (χ1) is 13.4. The molecule has 1 spiro atoms. The molecule has 4 atom stereocenters. The molecular weight excluding hydrogens is 405 g/mol. The molecule has 0 radical (unpaired) electrons. The summed E-state index contributed by atoms with van der Waals surface area (Å²) in [5.74, 6) is -0.741. The van der Waals surface area contributed by atoms with Gasteiger partial charge in [-0.2, -0.15) is 0 Å². The van der Waals surface area contributed by atoms with Crippen LogP contribution in [0, 0.1) is 18.8 Å². The van der Waals surface area contributed by atoms with Crippen LogP contribution in [0.4, 0.5) is 11.5 Å². The number of ether oxygens (including phenoxy) is 1. The van der Waals surface area contributed by atoms with Gasteiger partial charge in [0.15, 0.2) is 5.82 Å². The fraction of sp³-hybridized carbons (Fsp3) is 0.316. The highest BCUT2D eigenvalue weighted by molar-refractivity contribution is 6.42. The number of aryl methyl sites for hydroxylation is 1. The maximum absolute atomic E-state index is 13.2. The monoisotopic (exact) mass is 419 g/mol. The van der Waals surface area contributed by atoms with Crippen molar-refractivity contribution in [2.45, 2.75) is 18.6 Å². The van der Waals surface area contributed by atoms with Gasteiger partial charge >= 0.3 is 0 Å². The van der Waals surface area contributed by atoms with Gasteiger partial charge in [-0.3, -0.25) is 14.5 Å². The Kier molecular flexibility index (Phi) is 3.84. The summed E-state index contributed by atoms with van der Waals surface area (Å²) >= 11 is 11.9. The van der Waals surface area contributed by atoms with E-state index in [2.05, 4.69) is 10.5 Å². The minimum absolute atomic E-state index is 0.200. The molecule has 0 saturated carbocycles. The minimum Gasteiger partial charge on any atom is -0.360 e. The molecule has 1 N–H and O–H groups in total. The van der Waals surface area contributed by atoms with Gasteiger partial charge in [0, 0.05) is 11.8 Å². The Labute approximate surface area is 170 Å². The predicted octanol–water partition coefficient (Wildman–Crippen LogP) is 3.21. The summed E-state index contributed by atoms with van der Waals surface area (Å²) in [6, 6.07) is 6.53. The van der Waals surface area contributed by atoms with E-state index in [-0.39, 0.29) is 11.8 Å². The van der Waals surface area contributed by atoms with Crippen molar-refractivity contribution in [3.63, 3.8) is 0 Å². The van der Waals surface area contributed by atoms with Crippen LogP contribution in [-0.2, 0) is 14.3 Å². The summed E-state index contributed by atoms with van der Waals surface area (Å²) in [6.07, 6.45) is 3.29. The fourth-order valence-electron chi connectivity index (χ4n) is 4.27. The molecule has 1 aromatic carbocycles. The first kappa shape index (κ1) is 17.7. The number of carbonyl (C=O) groups excluding carboxylic acids is 2. The number of carbonyl (C=O) groups is 2. The van der Waals surface area contributed by atoms with Gasteiger partial charge in [-0.05, 0) is 25.1 Å². The average Bonchev–Trinajstić information content (AvgIpc) is 3.39. The van der Waals surface area contributed by atoms with Crippen molar-refractivity contribution in [1.82, 2.24) is 5.16 Å². The summed E-state index contributed by atoms with van der Waals surface area (Å²) in [6.45, 7) is 2.05. The molecule has 2 bridgehead atoms. The maximum atomic E-state index is 13.2. The zero-order valence-corrected chi connectivity index (χ0v) is 16.2. The normalized spacial score (nSPS) is 30.2. The SMILES string of the molecule is Cc1cc(N2C[C@]34C=C[C@@H](O3)[C@@H](C(=O)Nc3ccc(Cl)c(Cl)c3)[C@H]4C2=O)no1. The number of benzene rings is 1. The van der Waals surface area contributed by atoms with E-state index >= 15 is 0 Å². The second kappa shape index (κ2) is 6.07. The van der Waals surface area contributed by atoms with E-state index in [1.54, 1.807) is 31.2 Å². The lowest BCUT2D eigenvalue weighted by Crippen LogP contribution is -2.41. The molecule has 9 heteroatoms. The molecule has 2 aromatic rings. The molecule has 0 aliphatic carbocycles.